The Bertz CT molecular complexity index is 565. The molecule has 1 aliphatic heterocycles. The number of hydrogen-bond donors (Lipinski definition) is 1. The molecule has 0 saturated heterocycles. The second-order valence-corrected chi connectivity index (χ2v) is 5.64. The van der Waals surface area contributed by atoms with Gasteiger partial charge in [0.1, 0.15) is 5.75 Å². The van der Waals surface area contributed by atoms with Crippen LogP contribution in [0.4, 0.5) is 0 Å². The number of benzene rings is 1. The molecule has 1 atom stereocenters. The lowest BCUT2D eigenvalue weighted by atomic mass is 10.0. The van der Waals surface area contributed by atoms with Crippen LogP contribution in [-0.4, -0.2) is 19.1 Å². The van der Waals surface area contributed by atoms with E-state index in [0.717, 1.165) is 10.6 Å². The smallest absolute Gasteiger partial charge is 0.225 e. The predicted molar refractivity (Wildman–Crippen MR) is 75.7 cm³/mol. The maximum Gasteiger partial charge on any atom is 0.225 e. The fraction of sp³-hybridized carbons (Fsp3) is 0.267. The van der Waals surface area contributed by atoms with Gasteiger partial charge >= 0.3 is 0 Å². The van der Waals surface area contributed by atoms with E-state index in [9.17, 15) is 4.79 Å². The highest BCUT2D eigenvalue weighted by molar-refractivity contribution is 7.10. The first-order valence-electron chi connectivity index (χ1n) is 6.34. The summed E-state index contributed by atoms with van der Waals surface area (Å²) in [5, 5.41) is 4.98. The molecule has 1 unspecified atom stereocenters. The molecule has 1 N–H and O–H groups in total. The van der Waals surface area contributed by atoms with Crippen LogP contribution in [0.3, 0.4) is 0 Å². The largest absolute Gasteiger partial charge is 0.493 e. The Morgan fingerprint density at radius 3 is 3.05 bits per heavy atom. The van der Waals surface area contributed by atoms with Gasteiger partial charge in [0.2, 0.25) is 5.91 Å². The zero-order valence-corrected chi connectivity index (χ0v) is 11.3. The first kappa shape index (κ1) is 12.2. The van der Waals surface area contributed by atoms with Gasteiger partial charge in [-0.3, -0.25) is 4.79 Å². The molecule has 1 aromatic carbocycles. The summed E-state index contributed by atoms with van der Waals surface area (Å²) in [7, 11) is 0. The van der Waals surface area contributed by atoms with Gasteiger partial charge in [-0.2, -0.15) is 0 Å². The summed E-state index contributed by atoms with van der Waals surface area (Å²) >= 11 is 1.61. The van der Waals surface area contributed by atoms with Gasteiger partial charge in [0.25, 0.3) is 0 Å². The molecule has 1 aromatic heterocycles. The quantitative estimate of drug-likeness (QED) is 0.930. The van der Waals surface area contributed by atoms with Gasteiger partial charge in [-0.1, -0.05) is 24.3 Å². The van der Waals surface area contributed by atoms with Gasteiger partial charge in [0.05, 0.1) is 13.0 Å². The van der Waals surface area contributed by atoms with Crippen LogP contribution in [0.2, 0.25) is 0 Å². The summed E-state index contributed by atoms with van der Waals surface area (Å²) in [6.07, 6.45) is 0.465. The number of thiophene rings is 1. The SMILES string of the molecule is O=C(Cc1cccs1)NCC1COc2ccccc21. The average molecular weight is 273 g/mol. The van der Waals surface area contributed by atoms with Crippen molar-refractivity contribution in [3.05, 3.63) is 52.2 Å². The van der Waals surface area contributed by atoms with E-state index >= 15 is 0 Å². The lowest BCUT2D eigenvalue weighted by molar-refractivity contribution is -0.120. The van der Waals surface area contributed by atoms with Crippen molar-refractivity contribution < 1.29 is 9.53 Å². The minimum atomic E-state index is 0.0758. The Kier molecular flexibility index (Phi) is 3.51. The van der Waals surface area contributed by atoms with Crippen LogP contribution in [0.5, 0.6) is 5.75 Å². The van der Waals surface area contributed by atoms with Crippen molar-refractivity contribution in [3.8, 4) is 5.75 Å². The summed E-state index contributed by atoms with van der Waals surface area (Å²) in [6.45, 7) is 1.29. The molecule has 19 heavy (non-hydrogen) atoms. The third-order valence-corrected chi connectivity index (χ3v) is 4.14. The highest BCUT2D eigenvalue weighted by Crippen LogP contribution is 2.32. The van der Waals surface area contributed by atoms with Gasteiger partial charge in [-0.25, -0.2) is 0 Å². The summed E-state index contributed by atoms with van der Waals surface area (Å²) in [4.78, 5) is 12.9. The van der Waals surface area contributed by atoms with Crippen LogP contribution in [0.1, 0.15) is 16.4 Å². The van der Waals surface area contributed by atoms with Crippen LogP contribution in [0.25, 0.3) is 0 Å². The number of fused-ring (bicyclic) bond motifs is 1. The van der Waals surface area contributed by atoms with Crippen LogP contribution < -0.4 is 10.1 Å². The molecule has 4 heteroatoms. The topological polar surface area (TPSA) is 38.3 Å². The first-order valence-corrected chi connectivity index (χ1v) is 7.21. The van der Waals surface area contributed by atoms with Gasteiger partial charge in [-0.05, 0) is 17.5 Å². The highest BCUT2D eigenvalue weighted by Gasteiger charge is 2.23. The minimum Gasteiger partial charge on any atom is -0.493 e. The van der Waals surface area contributed by atoms with Crippen molar-refractivity contribution in [2.45, 2.75) is 12.3 Å². The molecule has 3 rings (SSSR count). The van der Waals surface area contributed by atoms with Crippen LogP contribution >= 0.6 is 11.3 Å². The van der Waals surface area contributed by atoms with Crippen LogP contribution in [0.15, 0.2) is 41.8 Å². The number of amides is 1. The number of hydrogen-bond acceptors (Lipinski definition) is 3. The lowest BCUT2D eigenvalue weighted by Crippen LogP contribution is -2.30. The maximum absolute atomic E-state index is 11.8. The van der Waals surface area contributed by atoms with Gasteiger partial charge < -0.3 is 10.1 Å². The zero-order valence-electron chi connectivity index (χ0n) is 10.5. The van der Waals surface area contributed by atoms with Crippen molar-refractivity contribution in [1.82, 2.24) is 5.32 Å². The summed E-state index contributed by atoms with van der Waals surface area (Å²) in [6, 6.07) is 12.0. The zero-order chi connectivity index (χ0) is 13.1. The van der Waals surface area contributed by atoms with E-state index in [4.69, 9.17) is 4.74 Å². The molecule has 0 bridgehead atoms. The molecule has 0 spiro atoms. The molecular weight excluding hydrogens is 258 g/mol. The number of carbonyl (C=O) groups excluding carboxylic acids is 1. The van der Waals surface area contributed by atoms with Crippen molar-refractivity contribution in [2.75, 3.05) is 13.2 Å². The second-order valence-electron chi connectivity index (χ2n) is 4.61. The lowest BCUT2D eigenvalue weighted by Gasteiger charge is -2.10. The average Bonchev–Trinajstić information content (AvgIpc) is 3.05. The molecule has 0 saturated carbocycles. The van der Waals surface area contributed by atoms with Crippen molar-refractivity contribution >= 4 is 17.2 Å². The monoisotopic (exact) mass is 273 g/mol. The minimum absolute atomic E-state index is 0.0758. The molecule has 1 aliphatic rings. The van der Waals surface area contributed by atoms with E-state index in [2.05, 4.69) is 11.4 Å². The van der Waals surface area contributed by atoms with E-state index in [1.807, 2.05) is 35.7 Å². The third-order valence-electron chi connectivity index (χ3n) is 3.26. The number of para-hydroxylation sites is 1. The number of carbonyl (C=O) groups is 1. The molecule has 0 fully saturated rings. The molecule has 0 aliphatic carbocycles. The van der Waals surface area contributed by atoms with Crippen molar-refractivity contribution in [1.29, 1.82) is 0 Å². The summed E-state index contributed by atoms with van der Waals surface area (Å²) in [5.74, 6) is 1.29. The highest BCUT2D eigenvalue weighted by atomic mass is 32.1. The van der Waals surface area contributed by atoms with E-state index < -0.39 is 0 Å². The predicted octanol–water partition coefficient (Wildman–Crippen LogP) is 2.58. The van der Waals surface area contributed by atoms with E-state index in [1.165, 1.54) is 5.56 Å². The third kappa shape index (κ3) is 2.79. The molecule has 2 aromatic rings. The van der Waals surface area contributed by atoms with E-state index in [1.54, 1.807) is 11.3 Å². The van der Waals surface area contributed by atoms with Gasteiger partial charge in [0.15, 0.2) is 0 Å². The Labute approximate surface area is 116 Å². The second kappa shape index (κ2) is 5.45. The summed E-state index contributed by atoms with van der Waals surface area (Å²) in [5.41, 5.74) is 1.19. The molecular formula is C15H15NO2S. The summed E-state index contributed by atoms with van der Waals surface area (Å²) < 4.78 is 5.60. The van der Waals surface area contributed by atoms with Gasteiger partial charge in [0, 0.05) is 22.9 Å². The number of nitrogens with one attached hydrogen (secondary N) is 1. The molecule has 2 heterocycles. The van der Waals surface area contributed by atoms with E-state index in [-0.39, 0.29) is 11.8 Å². The van der Waals surface area contributed by atoms with E-state index in [0.29, 0.717) is 19.6 Å². The van der Waals surface area contributed by atoms with Crippen LogP contribution in [0, 0.1) is 0 Å². The molecule has 0 radical (unpaired) electrons. The molecule has 3 nitrogen and oxygen atoms in total. The van der Waals surface area contributed by atoms with Crippen LogP contribution in [-0.2, 0) is 11.2 Å². The van der Waals surface area contributed by atoms with Gasteiger partial charge in [-0.15, -0.1) is 11.3 Å². The Hall–Kier alpha value is -1.81. The first-order chi connectivity index (χ1) is 9.33. The van der Waals surface area contributed by atoms with Crippen molar-refractivity contribution in [2.24, 2.45) is 0 Å². The number of rotatable bonds is 4. The molecule has 98 valence electrons. The Balaban J connectivity index is 1.55. The normalized spacial score (nSPS) is 16.7. The maximum atomic E-state index is 11.8. The Morgan fingerprint density at radius 1 is 1.32 bits per heavy atom. The fourth-order valence-corrected chi connectivity index (χ4v) is 2.97. The number of ether oxygens (including phenoxy) is 1. The molecule has 1 amide bonds. The Morgan fingerprint density at radius 2 is 2.21 bits per heavy atom. The van der Waals surface area contributed by atoms with Crippen molar-refractivity contribution in [3.63, 3.8) is 0 Å². The standard InChI is InChI=1S/C15H15NO2S/c17-15(8-12-4-3-7-19-12)16-9-11-10-18-14-6-2-1-5-13(11)14/h1-7,11H,8-10H2,(H,16,17). The fourth-order valence-electron chi connectivity index (χ4n) is 2.27.